The first-order chi connectivity index (χ1) is 16.2. The van der Waals surface area contributed by atoms with Crippen molar-refractivity contribution in [3.63, 3.8) is 0 Å². The molecule has 0 amide bonds. The van der Waals surface area contributed by atoms with Crippen molar-refractivity contribution in [2.75, 3.05) is 38.2 Å². The second kappa shape index (κ2) is 9.41. The molecule has 4 aromatic rings. The quantitative estimate of drug-likeness (QED) is 0.429. The zero-order valence-corrected chi connectivity index (χ0v) is 18.3. The monoisotopic (exact) mass is 448 g/mol. The van der Waals surface area contributed by atoms with Gasteiger partial charge in [0.2, 0.25) is 0 Å². The molecule has 0 N–H and O–H groups in total. The van der Waals surface area contributed by atoms with E-state index in [0.29, 0.717) is 25.3 Å². The lowest BCUT2D eigenvalue weighted by atomic mass is 10.0. The van der Waals surface area contributed by atoms with Gasteiger partial charge in [0.1, 0.15) is 23.9 Å². The Bertz CT molecular complexity index is 1170. The van der Waals surface area contributed by atoms with E-state index in [-0.39, 0.29) is 11.9 Å². The van der Waals surface area contributed by atoms with E-state index >= 15 is 0 Å². The summed E-state index contributed by atoms with van der Waals surface area (Å²) in [5.74, 6) is 2.11. The molecule has 0 saturated carbocycles. The summed E-state index contributed by atoms with van der Waals surface area (Å²) in [4.78, 5) is 4.42. The van der Waals surface area contributed by atoms with Crippen molar-refractivity contribution in [1.82, 2.24) is 25.1 Å². The van der Waals surface area contributed by atoms with Crippen LogP contribution in [0.2, 0.25) is 0 Å². The summed E-state index contributed by atoms with van der Waals surface area (Å²) in [6, 6.07) is 18.5. The Labute approximate surface area is 191 Å². The van der Waals surface area contributed by atoms with E-state index < -0.39 is 0 Å². The van der Waals surface area contributed by atoms with Gasteiger partial charge in [0, 0.05) is 26.2 Å². The van der Waals surface area contributed by atoms with Gasteiger partial charge in [0.25, 0.3) is 0 Å². The Morgan fingerprint density at radius 3 is 2.48 bits per heavy atom. The van der Waals surface area contributed by atoms with Crippen LogP contribution in [-0.2, 0) is 6.54 Å². The van der Waals surface area contributed by atoms with Gasteiger partial charge in [-0.2, -0.15) is 0 Å². The smallest absolute Gasteiger partial charge is 0.173 e. The zero-order chi connectivity index (χ0) is 22.6. The van der Waals surface area contributed by atoms with Gasteiger partial charge in [-0.05, 0) is 52.4 Å². The van der Waals surface area contributed by atoms with Crippen LogP contribution in [-0.4, -0.2) is 58.4 Å². The Balaban J connectivity index is 1.43. The van der Waals surface area contributed by atoms with Crippen LogP contribution in [0.15, 0.2) is 71.3 Å². The van der Waals surface area contributed by atoms with Gasteiger partial charge >= 0.3 is 0 Å². The van der Waals surface area contributed by atoms with Gasteiger partial charge in [0.15, 0.2) is 5.82 Å². The average molecular weight is 449 g/mol. The van der Waals surface area contributed by atoms with Gasteiger partial charge in [0.05, 0.1) is 25.1 Å². The fraction of sp³-hybridized carbons (Fsp3) is 0.292. The van der Waals surface area contributed by atoms with Crippen molar-refractivity contribution in [2.45, 2.75) is 12.6 Å². The fourth-order valence-corrected chi connectivity index (χ4v) is 4.31. The number of para-hydroxylation sites is 1. The summed E-state index contributed by atoms with van der Waals surface area (Å²) < 4.78 is 26.9. The maximum absolute atomic E-state index is 14.3. The van der Waals surface area contributed by atoms with E-state index in [1.807, 2.05) is 48.5 Å². The average Bonchev–Trinajstić information content (AvgIpc) is 3.54. The van der Waals surface area contributed by atoms with Crippen molar-refractivity contribution in [1.29, 1.82) is 0 Å². The molecule has 1 saturated heterocycles. The molecule has 1 fully saturated rings. The number of piperazine rings is 1. The Hall–Kier alpha value is -3.72. The second-order valence-electron chi connectivity index (χ2n) is 7.92. The van der Waals surface area contributed by atoms with Gasteiger partial charge in [-0.1, -0.05) is 24.3 Å². The molecule has 1 atom stereocenters. The molecule has 2 aromatic heterocycles. The third-order valence-corrected chi connectivity index (χ3v) is 5.99. The molecule has 170 valence electrons. The van der Waals surface area contributed by atoms with Crippen molar-refractivity contribution >= 4 is 5.69 Å². The lowest BCUT2D eigenvalue weighted by Crippen LogP contribution is -2.48. The van der Waals surface area contributed by atoms with Crippen LogP contribution in [0, 0.1) is 5.82 Å². The standard InChI is InChI=1S/C24H25FN6O2/c1-32-19-10-8-18(9-11-19)23(24-26-27-28-31(24)17-20-5-4-16-33-20)30-14-12-29(13-15-30)22-7-3-2-6-21(22)25/h2-11,16,23H,12-15,17H2,1H3. The number of ether oxygens (including phenoxy) is 1. The lowest BCUT2D eigenvalue weighted by molar-refractivity contribution is 0.200. The molecule has 0 bridgehead atoms. The Morgan fingerprint density at radius 2 is 1.79 bits per heavy atom. The topological polar surface area (TPSA) is 72.4 Å². The van der Waals surface area contributed by atoms with Crippen molar-refractivity contribution < 1.29 is 13.5 Å². The van der Waals surface area contributed by atoms with E-state index in [1.165, 1.54) is 6.07 Å². The number of anilines is 1. The number of nitrogens with zero attached hydrogens (tertiary/aromatic N) is 6. The van der Waals surface area contributed by atoms with Crippen LogP contribution < -0.4 is 9.64 Å². The summed E-state index contributed by atoms with van der Waals surface area (Å²) in [5, 5.41) is 12.6. The van der Waals surface area contributed by atoms with E-state index in [1.54, 1.807) is 24.1 Å². The molecule has 1 aliphatic heterocycles. The minimum atomic E-state index is -0.194. The Morgan fingerprint density at radius 1 is 1.00 bits per heavy atom. The Kier molecular flexibility index (Phi) is 6.03. The van der Waals surface area contributed by atoms with E-state index in [9.17, 15) is 4.39 Å². The van der Waals surface area contributed by atoms with Gasteiger partial charge < -0.3 is 14.1 Å². The predicted octanol–water partition coefficient (Wildman–Crippen LogP) is 3.37. The summed E-state index contributed by atoms with van der Waals surface area (Å²) in [6.45, 7) is 3.31. The first-order valence-electron chi connectivity index (χ1n) is 10.9. The number of rotatable bonds is 7. The van der Waals surface area contributed by atoms with E-state index in [2.05, 4.69) is 25.3 Å². The minimum absolute atomic E-state index is 0.163. The van der Waals surface area contributed by atoms with Crippen LogP contribution in [0.4, 0.5) is 10.1 Å². The van der Waals surface area contributed by atoms with Gasteiger partial charge in [-0.15, -0.1) is 5.10 Å². The van der Waals surface area contributed by atoms with Crippen LogP contribution in [0.3, 0.4) is 0 Å². The maximum Gasteiger partial charge on any atom is 0.173 e. The highest BCUT2D eigenvalue weighted by atomic mass is 19.1. The zero-order valence-electron chi connectivity index (χ0n) is 18.3. The maximum atomic E-state index is 14.3. The molecule has 9 heteroatoms. The molecule has 1 unspecified atom stereocenters. The summed E-state index contributed by atoms with van der Waals surface area (Å²) >= 11 is 0. The normalized spacial score (nSPS) is 15.5. The molecule has 8 nitrogen and oxygen atoms in total. The van der Waals surface area contributed by atoms with Crippen LogP contribution in [0.1, 0.15) is 23.2 Å². The SMILES string of the molecule is COc1ccc(C(c2nnnn2Cc2ccco2)N2CCN(c3ccccc3F)CC2)cc1. The first-order valence-corrected chi connectivity index (χ1v) is 10.9. The number of hydrogen-bond donors (Lipinski definition) is 0. The number of hydrogen-bond acceptors (Lipinski definition) is 7. The fourth-order valence-electron chi connectivity index (χ4n) is 4.31. The number of tetrazole rings is 1. The molecular formula is C24H25FN6O2. The molecule has 3 heterocycles. The molecule has 1 aliphatic rings. The lowest BCUT2D eigenvalue weighted by Gasteiger charge is -2.40. The number of benzene rings is 2. The molecule has 33 heavy (non-hydrogen) atoms. The predicted molar refractivity (Wildman–Crippen MR) is 121 cm³/mol. The first kappa shape index (κ1) is 21.1. The van der Waals surface area contributed by atoms with Crippen molar-refractivity contribution in [3.8, 4) is 5.75 Å². The molecule has 5 rings (SSSR count). The van der Waals surface area contributed by atoms with E-state index in [0.717, 1.165) is 36.0 Å². The molecule has 0 spiro atoms. The van der Waals surface area contributed by atoms with E-state index in [4.69, 9.17) is 9.15 Å². The highest BCUT2D eigenvalue weighted by molar-refractivity contribution is 5.48. The largest absolute Gasteiger partial charge is 0.497 e. The molecular weight excluding hydrogens is 423 g/mol. The third-order valence-electron chi connectivity index (χ3n) is 5.99. The summed E-state index contributed by atoms with van der Waals surface area (Å²) in [7, 11) is 1.65. The summed E-state index contributed by atoms with van der Waals surface area (Å²) in [6.07, 6.45) is 1.64. The summed E-state index contributed by atoms with van der Waals surface area (Å²) in [5.41, 5.74) is 1.70. The van der Waals surface area contributed by atoms with Crippen molar-refractivity contribution in [3.05, 3.63) is 89.9 Å². The number of aromatic nitrogens is 4. The van der Waals surface area contributed by atoms with Gasteiger partial charge in [-0.3, -0.25) is 4.90 Å². The van der Waals surface area contributed by atoms with Crippen LogP contribution >= 0.6 is 0 Å². The number of halogens is 1. The second-order valence-corrected chi connectivity index (χ2v) is 7.92. The van der Waals surface area contributed by atoms with Crippen LogP contribution in [0.25, 0.3) is 0 Å². The molecule has 2 aromatic carbocycles. The van der Waals surface area contributed by atoms with Gasteiger partial charge in [-0.25, -0.2) is 9.07 Å². The number of methoxy groups -OCH3 is 1. The molecule has 0 aliphatic carbocycles. The molecule has 0 radical (unpaired) electrons. The highest BCUT2D eigenvalue weighted by Gasteiger charge is 2.31. The number of furan rings is 1. The third kappa shape index (κ3) is 4.45. The van der Waals surface area contributed by atoms with Crippen LogP contribution in [0.5, 0.6) is 5.75 Å². The highest BCUT2D eigenvalue weighted by Crippen LogP contribution is 2.31. The minimum Gasteiger partial charge on any atom is -0.497 e. The van der Waals surface area contributed by atoms with Crippen molar-refractivity contribution in [2.24, 2.45) is 0 Å².